The highest BCUT2D eigenvalue weighted by atomic mass is 32.1. The van der Waals surface area contributed by atoms with Gasteiger partial charge in [0, 0.05) is 22.7 Å². The third-order valence-electron chi connectivity index (χ3n) is 3.70. The summed E-state index contributed by atoms with van der Waals surface area (Å²) in [5.74, 6) is -0.0614. The van der Waals surface area contributed by atoms with Crippen molar-refractivity contribution < 1.29 is 4.79 Å². The fourth-order valence-electron chi connectivity index (χ4n) is 2.63. The van der Waals surface area contributed by atoms with E-state index in [4.69, 9.17) is 0 Å². The van der Waals surface area contributed by atoms with Gasteiger partial charge in [-0.3, -0.25) is 9.48 Å². The van der Waals surface area contributed by atoms with Crippen LogP contribution in [0.1, 0.15) is 32.7 Å². The number of hydrogen-bond donors (Lipinski definition) is 1. The maximum absolute atomic E-state index is 12.3. The molecule has 1 aromatic carbocycles. The van der Waals surface area contributed by atoms with E-state index in [1.807, 2.05) is 60.3 Å². The zero-order valence-corrected chi connectivity index (χ0v) is 14.0. The molecular formula is C18H19N3OS. The Labute approximate surface area is 139 Å². The Hall–Kier alpha value is -2.40. The molecule has 0 saturated carbocycles. The van der Waals surface area contributed by atoms with Gasteiger partial charge >= 0.3 is 0 Å². The highest BCUT2D eigenvalue weighted by Gasteiger charge is 2.19. The first-order valence-corrected chi connectivity index (χ1v) is 8.42. The van der Waals surface area contributed by atoms with Gasteiger partial charge in [0.1, 0.15) is 6.04 Å². The molecule has 0 aliphatic carbocycles. The van der Waals surface area contributed by atoms with Crippen LogP contribution >= 0.6 is 11.3 Å². The van der Waals surface area contributed by atoms with Crippen LogP contribution in [0.2, 0.25) is 0 Å². The Morgan fingerprint density at radius 2 is 2.00 bits per heavy atom. The van der Waals surface area contributed by atoms with Crippen LogP contribution in [-0.4, -0.2) is 22.2 Å². The number of nitrogens with one attached hydrogen (secondary N) is 1. The van der Waals surface area contributed by atoms with Gasteiger partial charge in [0.2, 0.25) is 0 Å². The quantitative estimate of drug-likeness (QED) is 0.779. The Morgan fingerprint density at radius 1 is 1.22 bits per heavy atom. The van der Waals surface area contributed by atoms with Gasteiger partial charge in [0.05, 0.1) is 5.69 Å². The van der Waals surface area contributed by atoms with E-state index in [-0.39, 0.29) is 11.9 Å². The first-order chi connectivity index (χ1) is 11.1. The van der Waals surface area contributed by atoms with Gasteiger partial charge in [-0.15, -0.1) is 11.3 Å². The topological polar surface area (TPSA) is 46.9 Å². The number of aryl methyl sites for hydroxylation is 2. The monoisotopic (exact) mass is 325 g/mol. The second-order valence-electron chi connectivity index (χ2n) is 5.48. The van der Waals surface area contributed by atoms with Gasteiger partial charge in [-0.1, -0.05) is 24.3 Å². The van der Waals surface area contributed by atoms with Gasteiger partial charge in [-0.25, -0.2) is 0 Å². The minimum absolute atomic E-state index is 0.0105. The molecule has 4 nitrogen and oxygen atoms in total. The van der Waals surface area contributed by atoms with Gasteiger partial charge in [0.25, 0.3) is 5.91 Å². The number of amides is 1. The van der Waals surface area contributed by atoms with Crippen molar-refractivity contribution in [2.75, 3.05) is 6.54 Å². The summed E-state index contributed by atoms with van der Waals surface area (Å²) in [7, 11) is 0. The molecule has 23 heavy (non-hydrogen) atoms. The minimum Gasteiger partial charge on any atom is -0.350 e. The fourth-order valence-corrected chi connectivity index (χ4v) is 3.44. The average molecular weight is 325 g/mol. The van der Waals surface area contributed by atoms with E-state index in [0.29, 0.717) is 12.1 Å². The highest BCUT2D eigenvalue weighted by Crippen LogP contribution is 2.24. The number of thiophene rings is 1. The predicted octanol–water partition coefficient (Wildman–Crippen LogP) is 3.58. The van der Waals surface area contributed by atoms with Crippen molar-refractivity contribution in [3.05, 3.63) is 75.7 Å². The van der Waals surface area contributed by atoms with Gasteiger partial charge < -0.3 is 5.32 Å². The molecule has 1 unspecified atom stereocenters. The van der Waals surface area contributed by atoms with Gasteiger partial charge in [0.15, 0.2) is 0 Å². The Bertz CT molecular complexity index is 778. The van der Waals surface area contributed by atoms with Crippen molar-refractivity contribution in [3.8, 4) is 0 Å². The Morgan fingerprint density at radius 3 is 2.61 bits per heavy atom. The van der Waals surface area contributed by atoms with Crippen molar-refractivity contribution in [2.24, 2.45) is 0 Å². The van der Waals surface area contributed by atoms with Gasteiger partial charge in [-0.2, -0.15) is 5.10 Å². The maximum Gasteiger partial charge on any atom is 0.251 e. The molecule has 1 N–H and O–H groups in total. The lowest BCUT2D eigenvalue weighted by Gasteiger charge is -2.19. The summed E-state index contributed by atoms with van der Waals surface area (Å²) in [4.78, 5) is 13.5. The number of hydrogen-bond acceptors (Lipinski definition) is 3. The summed E-state index contributed by atoms with van der Waals surface area (Å²) in [5, 5.41) is 9.67. The fraction of sp³-hybridized carbons (Fsp3) is 0.222. The molecule has 0 aliphatic heterocycles. The molecule has 2 heterocycles. The van der Waals surface area contributed by atoms with Crippen molar-refractivity contribution in [1.29, 1.82) is 0 Å². The maximum atomic E-state index is 12.3. The molecule has 118 valence electrons. The van der Waals surface area contributed by atoms with Crippen LogP contribution in [0.3, 0.4) is 0 Å². The van der Waals surface area contributed by atoms with E-state index in [0.717, 1.165) is 11.4 Å². The molecule has 1 atom stereocenters. The lowest BCUT2D eigenvalue weighted by Crippen LogP contribution is -2.31. The molecular weight excluding hydrogens is 306 g/mol. The van der Waals surface area contributed by atoms with Crippen LogP contribution in [0.4, 0.5) is 0 Å². The normalized spacial score (nSPS) is 12.1. The third-order valence-corrected chi connectivity index (χ3v) is 4.68. The van der Waals surface area contributed by atoms with E-state index in [1.54, 1.807) is 11.3 Å². The van der Waals surface area contributed by atoms with Crippen LogP contribution in [0.25, 0.3) is 0 Å². The number of aromatic nitrogens is 2. The molecule has 0 aliphatic rings. The number of nitrogens with zero attached hydrogens (tertiary/aromatic N) is 2. The lowest BCUT2D eigenvalue weighted by atomic mass is 10.2. The van der Waals surface area contributed by atoms with Crippen LogP contribution < -0.4 is 5.32 Å². The first kappa shape index (κ1) is 15.5. The molecule has 0 fully saturated rings. The molecule has 0 spiro atoms. The molecule has 1 amide bonds. The van der Waals surface area contributed by atoms with E-state index in [2.05, 4.69) is 22.5 Å². The van der Waals surface area contributed by atoms with E-state index in [1.165, 1.54) is 4.88 Å². The summed E-state index contributed by atoms with van der Waals surface area (Å²) in [5.41, 5.74) is 2.75. The number of rotatable bonds is 5. The largest absolute Gasteiger partial charge is 0.350 e. The zero-order chi connectivity index (χ0) is 16.2. The van der Waals surface area contributed by atoms with Gasteiger partial charge in [-0.05, 0) is 43.5 Å². The summed E-state index contributed by atoms with van der Waals surface area (Å²) in [6.07, 6.45) is 0. The van der Waals surface area contributed by atoms with Crippen molar-refractivity contribution in [3.63, 3.8) is 0 Å². The second kappa shape index (κ2) is 6.79. The Kier molecular flexibility index (Phi) is 4.57. The second-order valence-corrected chi connectivity index (χ2v) is 6.46. The zero-order valence-electron chi connectivity index (χ0n) is 13.2. The van der Waals surface area contributed by atoms with Crippen LogP contribution in [0.5, 0.6) is 0 Å². The number of carbonyl (C=O) groups excluding carboxylic acids is 1. The van der Waals surface area contributed by atoms with Crippen LogP contribution in [0.15, 0.2) is 53.9 Å². The van der Waals surface area contributed by atoms with E-state index < -0.39 is 0 Å². The van der Waals surface area contributed by atoms with Crippen LogP contribution in [-0.2, 0) is 0 Å². The smallest absolute Gasteiger partial charge is 0.251 e. The SMILES string of the molecule is Cc1cc(C)n(C(CNC(=O)c2ccccc2)c2cccs2)n1. The standard InChI is InChI=1S/C18H19N3OS/c1-13-11-14(2)21(20-13)16(17-9-6-10-23-17)12-19-18(22)15-7-4-3-5-8-15/h3-11,16H,12H2,1-2H3,(H,19,22). The molecule has 0 bridgehead atoms. The van der Waals surface area contributed by atoms with Crippen LogP contribution in [0, 0.1) is 13.8 Å². The minimum atomic E-state index is -0.0614. The molecule has 3 rings (SSSR count). The Balaban J connectivity index is 1.80. The predicted molar refractivity (Wildman–Crippen MR) is 92.9 cm³/mol. The summed E-state index contributed by atoms with van der Waals surface area (Å²) in [6.45, 7) is 4.54. The lowest BCUT2D eigenvalue weighted by molar-refractivity contribution is 0.0949. The first-order valence-electron chi connectivity index (χ1n) is 7.54. The number of benzene rings is 1. The van der Waals surface area contributed by atoms with Crippen molar-refractivity contribution in [1.82, 2.24) is 15.1 Å². The van der Waals surface area contributed by atoms with Crippen molar-refractivity contribution >= 4 is 17.2 Å². The molecule has 2 aromatic heterocycles. The molecule has 0 saturated heterocycles. The van der Waals surface area contributed by atoms with E-state index in [9.17, 15) is 4.79 Å². The molecule has 3 aromatic rings. The van der Waals surface area contributed by atoms with E-state index >= 15 is 0 Å². The molecule has 0 radical (unpaired) electrons. The third kappa shape index (κ3) is 3.51. The highest BCUT2D eigenvalue weighted by molar-refractivity contribution is 7.10. The average Bonchev–Trinajstić information content (AvgIpc) is 3.19. The summed E-state index contributed by atoms with van der Waals surface area (Å²) >= 11 is 1.68. The summed E-state index contributed by atoms with van der Waals surface area (Å²) < 4.78 is 1.99. The molecule has 5 heteroatoms. The number of carbonyl (C=O) groups is 1. The summed E-state index contributed by atoms with van der Waals surface area (Å²) in [6, 6.07) is 15.5. The van der Waals surface area contributed by atoms with Crippen molar-refractivity contribution in [2.45, 2.75) is 19.9 Å².